The van der Waals surface area contributed by atoms with Crippen LogP contribution in [0.3, 0.4) is 0 Å². The molecule has 0 atom stereocenters. The second-order valence-electron chi connectivity index (χ2n) is 8.06. The van der Waals surface area contributed by atoms with Gasteiger partial charge in [0, 0.05) is 15.2 Å². The van der Waals surface area contributed by atoms with Crippen molar-refractivity contribution in [3.05, 3.63) is 46.9 Å². The van der Waals surface area contributed by atoms with Crippen LogP contribution in [0.2, 0.25) is 0 Å². The third kappa shape index (κ3) is 3.33. The molecule has 0 unspecified atom stereocenters. The molecule has 4 aromatic carbocycles. The Balaban J connectivity index is 1.78. The lowest BCUT2D eigenvalue weighted by Crippen LogP contribution is -2.50. The van der Waals surface area contributed by atoms with Gasteiger partial charge < -0.3 is 4.42 Å². The summed E-state index contributed by atoms with van der Waals surface area (Å²) in [4.78, 5) is 0. The quantitative estimate of drug-likeness (QED) is 0.269. The first-order valence-corrected chi connectivity index (χ1v) is 11.0. The summed E-state index contributed by atoms with van der Waals surface area (Å²) in [5, 5.41) is 1.98. The summed E-state index contributed by atoms with van der Waals surface area (Å²) in [5.74, 6) is 0. The molecule has 0 saturated carbocycles. The van der Waals surface area contributed by atoms with Crippen molar-refractivity contribution in [1.29, 1.82) is 0 Å². The summed E-state index contributed by atoms with van der Waals surface area (Å²) in [5.41, 5.74) is 4.69. The van der Waals surface area contributed by atoms with Gasteiger partial charge in [0.2, 0.25) is 0 Å². The summed E-state index contributed by atoms with van der Waals surface area (Å²) in [6, 6.07) is 13.5. The first-order valence-electron chi connectivity index (χ1n) is 10.2. The molecule has 16 radical (unpaired) electrons. The standard InChI is InChI=1S/C24H7B8BrO/c25-16-13(8-5-6-10-9-3-1-2-4-11(9)34-12(10)7-8)17(26)19(28)14(18(16)27)15-20(29)22(31)24(33)23(32)21(15)30/h1-7H. The minimum Gasteiger partial charge on any atom is -0.456 e. The predicted octanol–water partition coefficient (Wildman–Crippen LogP) is -1.97. The van der Waals surface area contributed by atoms with E-state index in [1.807, 2.05) is 42.5 Å². The summed E-state index contributed by atoms with van der Waals surface area (Å²) in [7, 11) is 50.7. The van der Waals surface area contributed by atoms with Crippen molar-refractivity contribution in [1.82, 2.24) is 0 Å². The van der Waals surface area contributed by atoms with E-state index in [0.717, 1.165) is 16.4 Å². The summed E-state index contributed by atoms with van der Waals surface area (Å²) < 4.78 is 6.40. The summed E-state index contributed by atoms with van der Waals surface area (Å²) >= 11 is 3.30. The molecule has 0 bridgehead atoms. The summed E-state index contributed by atoms with van der Waals surface area (Å²) in [6.07, 6.45) is 0. The second kappa shape index (κ2) is 8.41. The van der Waals surface area contributed by atoms with Crippen LogP contribution in [0, 0.1) is 0 Å². The molecule has 0 fully saturated rings. The normalized spacial score (nSPS) is 11.4. The van der Waals surface area contributed by atoms with Gasteiger partial charge >= 0.3 is 0 Å². The molecule has 10 heteroatoms. The molecule has 5 rings (SSSR count). The van der Waals surface area contributed by atoms with Gasteiger partial charge in [0.05, 0.1) is 0 Å². The van der Waals surface area contributed by atoms with Gasteiger partial charge in [-0.25, -0.2) is 0 Å². The van der Waals surface area contributed by atoms with Gasteiger partial charge in [0.25, 0.3) is 0 Å². The molecule has 0 aliphatic rings. The highest BCUT2D eigenvalue weighted by atomic mass is 79.9. The van der Waals surface area contributed by atoms with Crippen molar-refractivity contribution in [2.24, 2.45) is 0 Å². The summed E-state index contributed by atoms with van der Waals surface area (Å²) in [6.45, 7) is 0. The van der Waals surface area contributed by atoms with Crippen molar-refractivity contribution in [3.8, 4) is 22.3 Å². The van der Waals surface area contributed by atoms with Crippen molar-refractivity contribution < 1.29 is 4.42 Å². The van der Waals surface area contributed by atoms with E-state index >= 15 is 0 Å². The average Bonchev–Trinajstić information content (AvgIpc) is 3.20. The van der Waals surface area contributed by atoms with Crippen LogP contribution in [-0.2, 0) is 0 Å². The zero-order valence-corrected chi connectivity index (χ0v) is 19.5. The Kier molecular flexibility index (Phi) is 5.80. The lowest BCUT2D eigenvalue weighted by Gasteiger charge is -2.27. The molecule has 1 heterocycles. The van der Waals surface area contributed by atoms with Crippen LogP contribution in [-0.4, -0.2) is 62.8 Å². The molecule has 1 aromatic heterocycles. The molecular weight excluding hydrogens is 471 g/mol. The number of rotatable bonds is 2. The van der Waals surface area contributed by atoms with E-state index in [4.69, 9.17) is 67.2 Å². The predicted molar refractivity (Wildman–Crippen MR) is 155 cm³/mol. The number of furan rings is 1. The Morgan fingerprint density at radius 2 is 0.971 bits per heavy atom. The van der Waals surface area contributed by atoms with Crippen molar-refractivity contribution in [2.45, 2.75) is 0 Å². The molecular formula is C24H7B8BrO. The third-order valence-electron chi connectivity index (χ3n) is 6.17. The first kappa shape index (κ1) is 23.4. The van der Waals surface area contributed by atoms with Gasteiger partial charge in [-0.05, 0) is 40.5 Å². The van der Waals surface area contributed by atoms with Crippen molar-refractivity contribution in [3.63, 3.8) is 0 Å². The maximum absolute atomic E-state index is 6.50. The van der Waals surface area contributed by atoms with Crippen LogP contribution in [0.1, 0.15) is 0 Å². The second-order valence-corrected chi connectivity index (χ2v) is 8.85. The van der Waals surface area contributed by atoms with Crippen LogP contribution in [0.25, 0.3) is 44.2 Å². The number of para-hydroxylation sites is 1. The highest BCUT2D eigenvalue weighted by Gasteiger charge is 2.21. The molecule has 0 spiro atoms. The molecule has 5 aromatic rings. The molecule has 0 N–H and O–H groups in total. The Bertz CT molecular complexity index is 1600. The fourth-order valence-electron chi connectivity index (χ4n) is 4.36. The molecule has 1 nitrogen and oxygen atoms in total. The van der Waals surface area contributed by atoms with E-state index in [1.54, 1.807) is 0 Å². The van der Waals surface area contributed by atoms with Crippen LogP contribution >= 0.6 is 15.9 Å². The van der Waals surface area contributed by atoms with Gasteiger partial charge in [0.1, 0.15) is 73.9 Å². The molecule has 0 amide bonds. The molecule has 34 heavy (non-hydrogen) atoms. The third-order valence-corrected chi connectivity index (χ3v) is 7.02. The minimum absolute atomic E-state index is 0.158. The first-order chi connectivity index (χ1) is 16.1. The number of hydrogen-bond donors (Lipinski definition) is 0. The zero-order valence-electron chi connectivity index (χ0n) is 17.9. The highest BCUT2D eigenvalue weighted by Crippen LogP contribution is 2.31. The van der Waals surface area contributed by atoms with Crippen LogP contribution in [0.5, 0.6) is 0 Å². The van der Waals surface area contributed by atoms with Crippen molar-refractivity contribution >= 4 is 144 Å². The van der Waals surface area contributed by atoms with Gasteiger partial charge in [0.15, 0.2) is 0 Å². The fourth-order valence-corrected chi connectivity index (χ4v) is 4.78. The van der Waals surface area contributed by atoms with Gasteiger partial charge in [-0.2, -0.15) is 0 Å². The smallest absolute Gasteiger partial charge is 0.136 e. The average molecular weight is 478 g/mol. The van der Waals surface area contributed by atoms with E-state index in [1.165, 1.54) is 0 Å². The Morgan fingerprint density at radius 1 is 0.500 bits per heavy atom. The lowest BCUT2D eigenvalue weighted by atomic mass is 9.58. The highest BCUT2D eigenvalue weighted by molar-refractivity contribution is 9.10. The number of fused-ring (bicyclic) bond motifs is 3. The maximum Gasteiger partial charge on any atom is 0.136 e. The number of halogens is 1. The van der Waals surface area contributed by atoms with Gasteiger partial charge in [-0.15, -0.1) is 0 Å². The SMILES string of the molecule is [B]c1c([B])c(-c2c([B])c([B])c(-c3ccc4c(c3)oc3ccccc34)c([B])c2[B])c([B])c([B])c1Br. The fraction of sp³-hybridized carbons (Fsp3) is 0. The van der Waals surface area contributed by atoms with E-state index in [-0.39, 0.29) is 54.8 Å². The monoisotopic (exact) mass is 478 g/mol. The zero-order chi connectivity index (χ0) is 24.5. The lowest BCUT2D eigenvalue weighted by molar-refractivity contribution is 0.669. The molecule has 0 aliphatic heterocycles. The van der Waals surface area contributed by atoms with Gasteiger partial charge in [-0.1, -0.05) is 83.9 Å². The van der Waals surface area contributed by atoms with Crippen LogP contribution in [0.4, 0.5) is 0 Å². The Labute approximate surface area is 217 Å². The van der Waals surface area contributed by atoms with E-state index in [2.05, 4.69) is 15.9 Å². The Morgan fingerprint density at radius 3 is 1.56 bits per heavy atom. The largest absolute Gasteiger partial charge is 0.456 e. The Hall–Kier alpha value is -2.32. The molecule has 140 valence electrons. The molecule has 0 aliphatic carbocycles. The van der Waals surface area contributed by atoms with E-state index in [0.29, 0.717) is 21.2 Å². The van der Waals surface area contributed by atoms with E-state index in [9.17, 15) is 0 Å². The van der Waals surface area contributed by atoms with Gasteiger partial charge in [-0.3, -0.25) is 0 Å². The molecule has 0 saturated heterocycles. The van der Waals surface area contributed by atoms with E-state index < -0.39 is 0 Å². The minimum atomic E-state index is 0.158. The maximum atomic E-state index is 6.50. The van der Waals surface area contributed by atoms with Crippen LogP contribution < -0.4 is 43.7 Å². The topological polar surface area (TPSA) is 13.1 Å². The number of benzene rings is 4. The van der Waals surface area contributed by atoms with Crippen LogP contribution in [0.15, 0.2) is 51.4 Å². The number of hydrogen-bond acceptors (Lipinski definition) is 1. The van der Waals surface area contributed by atoms with Crippen molar-refractivity contribution in [2.75, 3.05) is 0 Å².